The van der Waals surface area contributed by atoms with Crippen molar-refractivity contribution in [3.05, 3.63) is 82.1 Å². The van der Waals surface area contributed by atoms with Gasteiger partial charge in [-0.05, 0) is 36.4 Å². The van der Waals surface area contributed by atoms with Crippen molar-refractivity contribution in [1.29, 1.82) is 0 Å². The first-order chi connectivity index (χ1) is 16.4. The van der Waals surface area contributed by atoms with Crippen LogP contribution in [-0.4, -0.2) is 39.2 Å². The molecule has 174 valence electrons. The molecule has 2 amide bonds. The third-order valence-corrected chi connectivity index (χ3v) is 6.04. The molecule has 0 saturated heterocycles. The summed E-state index contributed by atoms with van der Waals surface area (Å²) in [5.74, 6) is -0.324. The lowest BCUT2D eigenvalue weighted by Crippen LogP contribution is -2.33. The van der Waals surface area contributed by atoms with Crippen molar-refractivity contribution in [2.75, 3.05) is 23.7 Å². The van der Waals surface area contributed by atoms with Crippen molar-refractivity contribution >= 4 is 39.5 Å². The maximum atomic E-state index is 12.9. The molecule has 0 saturated carbocycles. The van der Waals surface area contributed by atoms with E-state index in [2.05, 4.69) is 15.6 Å². The molecule has 0 atom stereocenters. The highest BCUT2D eigenvalue weighted by atomic mass is 32.1. The van der Waals surface area contributed by atoms with E-state index in [0.29, 0.717) is 35.1 Å². The van der Waals surface area contributed by atoms with Gasteiger partial charge in [0.1, 0.15) is 0 Å². The average Bonchev–Trinajstić information content (AvgIpc) is 3.25. The minimum atomic E-state index is -0.172. The summed E-state index contributed by atoms with van der Waals surface area (Å²) in [5.41, 5.74) is 3.57. The van der Waals surface area contributed by atoms with Gasteiger partial charge in [-0.2, -0.15) is 0 Å². The van der Waals surface area contributed by atoms with Crippen molar-refractivity contribution in [3.63, 3.8) is 0 Å². The first-order valence-electron chi connectivity index (χ1n) is 10.9. The summed E-state index contributed by atoms with van der Waals surface area (Å²) >= 11 is 1.42. The molecule has 2 aromatic heterocycles. The van der Waals surface area contributed by atoms with E-state index in [0.717, 1.165) is 11.3 Å². The van der Waals surface area contributed by atoms with E-state index in [1.54, 1.807) is 28.7 Å². The molecule has 4 aromatic rings. The molecule has 0 spiro atoms. The van der Waals surface area contributed by atoms with Gasteiger partial charge in [-0.25, -0.2) is 4.98 Å². The second kappa shape index (κ2) is 10.4. The fraction of sp³-hybridized carbons (Fsp3) is 0.200. The maximum absolute atomic E-state index is 12.9. The summed E-state index contributed by atoms with van der Waals surface area (Å²) in [5, 5.41) is 7.48. The molecule has 0 aliphatic carbocycles. The number of likely N-dealkylation sites (N-methyl/N-ethyl adjacent to an activating group) is 1. The number of benzene rings is 2. The Bertz CT molecular complexity index is 1360. The van der Waals surface area contributed by atoms with Gasteiger partial charge in [-0.3, -0.25) is 23.7 Å². The fourth-order valence-corrected chi connectivity index (χ4v) is 4.53. The van der Waals surface area contributed by atoms with Crippen LogP contribution in [0.5, 0.6) is 0 Å². The van der Waals surface area contributed by atoms with Crippen molar-refractivity contribution in [3.8, 4) is 11.3 Å². The normalized spacial score (nSPS) is 11.0. The lowest BCUT2D eigenvalue weighted by atomic mass is 10.2. The van der Waals surface area contributed by atoms with Crippen molar-refractivity contribution in [1.82, 2.24) is 14.3 Å². The van der Waals surface area contributed by atoms with Crippen molar-refractivity contribution < 1.29 is 9.59 Å². The van der Waals surface area contributed by atoms with Gasteiger partial charge in [0.05, 0.1) is 17.9 Å². The quantitative estimate of drug-likeness (QED) is 0.404. The average molecular weight is 476 g/mol. The van der Waals surface area contributed by atoms with Gasteiger partial charge in [0.2, 0.25) is 11.8 Å². The van der Waals surface area contributed by atoms with Crippen LogP contribution in [0.3, 0.4) is 0 Å². The van der Waals surface area contributed by atoms with Crippen LogP contribution in [0.4, 0.5) is 11.4 Å². The lowest BCUT2D eigenvalue weighted by Gasteiger charge is -2.19. The fourth-order valence-electron chi connectivity index (χ4n) is 3.61. The lowest BCUT2D eigenvalue weighted by molar-refractivity contribution is -0.117. The summed E-state index contributed by atoms with van der Waals surface area (Å²) in [6, 6.07) is 18.2. The molecular weight excluding hydrogens is 450 g/mol. The molecule has 0 unspecified atom stereocenters. The molecule has 0 radical (unpaired) electrons. The minimum absolute atomic E-state index is 0.139. The number of anilines is 2. The van der Waals surface area contributed by atoms with Crippen LogP contribution in [0.25, 0.3) is 16.2 Å². The zero-order valence-corrected chi connectivity index (χ0v) is 19.8. The molecule has 0 aliphatic heterocycles. The predicted octanol–water partition coefficient (Wildman–Crippen LogP) is 3.84. The van der Waals surface area contributed by atoms with Gasteiger partial charge >= 0.3 is 0 Å². The Kier molecular flexibility index (Phi) is 7.15. The van der Waals surface area contributed by atoms with Crippen LogP contribution in [0, 0.1) is 0 Å². The van der Waals surface area contributed by atoms with E-state index in [-0.39, 0.29) is 23.9 Å². The Morgan fingerprint density at radius 3 is 2.35 bits per heavy atom. The number of carbonyl (C=O) groups is 2. The van der Waals surface area contributed by atoms with Crippen LogP contribution in [-0.2, 0) is 16.1 Å². The number of rotatable bonds is 8. The van der Waals surface area contributed by atoms with E-state index < -0.39 is 0 Å². The number of nitrogens with one attached hydrogen (secondary N) is 2. The molecule has 0 aliphatic rings. The SMILES string of the molecule is CCN(CC(=O)Nc1ccc(NC(C)=O)cc1)Cc1cc(=O)n2c(-c3ccccc3)csc2n1. The summed E-state index contributed by atoms with van der Waals surface area (Å²) in [6.07, 6.45) is 0. The molecule has 2 heterocycles. The number of nitrogens with zero attached hydrogens (tertiary/aromatic N) is 3. The largest absolute Gasteiger partial charge is 0.326 e. The van der Waals surface area contributed by atoms with Gasteiger partial charge in [-0.15, -0.1) is 11.3 Å². The molecule has 9 heteroatoms. The second-order valence-corrected chi connectivity index (χ2v) is 8.64. The third kappa shape index (κ3) is 5.56. The zero-order valence-electron chi connectivity index (χ0n) is 18.9. The molecule has 2 aromatic carbocycles. The predicted molar refractivity (Wildman–Crippen MR) is 135 cm³/mol. The zero-order chi connectivity index (χ0) is 24.1. The second-order valence-electron chi connectivity index (χ2n) is 7.80. The number of amides is 2. The Balaban J connectivity index is 1.43. The number of hydrogen-bond acceptors (Lipinski definition) is 6. The van der Waals surface area contributed by atoms with E-state index >= 15 is 0 Å². The van der Waals surface area contributed by atoms with Crippen molar-refractivity contribution in [2.24, 2.45) is 0 Å². The highest BCUT2D eigenvalue weighted by Gasteiger charge is 2.15. The van der Waals surface area contributed by atoms with Gasteiger partial charge in [-0.1, -0.05) is 37.3 Å². The number of aromatic nitrogens is 2. The number of fused-ring (bicyclic) bond motifs is 1. The van der Waals surface area contributed by atoms with E-state index in [4.69, 9.17) is 0 Å². The summed E-state index contributed by atoms with van der Waals surface area (Å²) in [7, 11) is 0. The molecular formula is C25H25N5O3S. The van der Waals surface area contributed by atoms with Gasteiger partial charge in [0.25, 0.3) is 5.56 Å². The Morgan fingerprint density at radius 2 is 1.71 bits per heavy atom. The first kappa shape index (κ1) is 23.3. The first-order valence-corrected chi connectivity index (χ1v) is 11.8. The monoisotopic (exact) mass is 475 g/mol. The number of hydrogen-bond donors (Lipinski definition) is 2. The van der Waals surface area contributed by atoms with Crippen LogP contribution >= 0.6 is 11.3 Å². The number of carbonyl (C=O) groups excluding carboxylic acids is 2. The van der Waals surface area contributed by atoms with E-state index in [9.17, 15) is 14.4 Å². The van der Waals surface area contributed by atoms with E-state index in [1.165, 1.54) is 24.3 Å². The Hall–Kier alpha value is -3.82. The Labute approximate surface area is 200 Å². The Morgan fingerprint density at radius 1 is 1.03 bits per heavy atom. The molecule has 8 nitrogen and oxygen atoms in total. The third-order valence-electron chi connectivity index (χ3n) is 5.22. The molecule has 34 heavy (non-hydrogen) atoms. The topological polar surface area (TPSA) is 95.8 Å². The minimum Gasteiger partial charge on any atom is -0.326 e. The molecule has 0 bridgehead atoms. The molecule has 0 fully saturated rings. The summed E-state index contributed by atoms with van der Waals surface area (Å²) < 4.78 is 1.62. The highest BCUT2D eigenvalue weighted by Crippen LogP contribution is 2.24. The smallest absolute Gasteiger partial charge is 0.259 e. The molecule has 2 N–H and O–H groups in total. The van der Waals surface area contributed by atoms with Crippen LogP contribution < -0.4 is 16.2 Å². The van der Waals surface area contributed by atoms with Crippen LogP contribution in [0.2, 0.25) is 0 Å². The molecule has 4 rings (SSSR count). The van der Waals surface area contributed by atoms with Crippen molar-refractivity contribution in [2.45, 2.75) is 20.4 Å². The maximum Gasteiger partial charge on any atom is 0.259 e. The van der Waals surface area contributed by atoms with Crippen LogP contribution in [0.1, 0.15) is 19.5 Å². The standard InChI is InChI=1S/C25H25N5O3S/c1-3-29(15-23(32)27-20-11-9-19(10-12-20)26-17(2)31)14-21-13-24(33)30-22(16-34-25(30)28-21)18-7-5-4-6-8-18/h4-13,16H,3,14-15H2,1-2H3,(H,26,31)(H,27,32). The summed E-state index contributed by atoms with van der Waals surface area (Å²) in [6.45, 7) is 4.56. The van der Waals surface area contributed by atoms with Gasteiger partial charge in [0, 0.05) is 36.3 Å². The van der Waals surface area contributed by atoms with E-state index in [1.807, 2.05) is 47.5 Å². The van der Waals surface area contributed by atoms with Gasteiger partial charge < -0.3 is 10.6 Å². The number of thiazole rings is 1. The van der Waals surface area contributed by atoms with Gasteiger partial charge in [0.15, 0.2) is 4.96 Å². The van der Waals surface area contributed by atoms with Crippen LogP contribution in [0.15, 0.2) is 70.8 Å². The summed E-state index contributed by atoms with van der Waals surface area (Å²) in [4.78, 5) is 43.8. The highest BCUT2D eigenvalue weighted by molar-refractivity contribution is 7.15.